The van der Waals surface area contributed by atoms with Crippen molar-refractivity contribution in [2.45, 2.75) is 46.0 Å². The van der Waals surface area contributed by atoms with Gasteiger partial charge in [-0.15, -0.1) is 0 Å². The second kappa shape index (κ2) is 10.6. The normalized spacial score (nSPS) is 11.8. The molecular weight excluding hydrogens is 368 g/mol. The van der Waals surface area contributed by atoms with Gasteiger partial charge < -0.3 is 8.57 Å². The zero-order valence-corrected chi connectivity index (χ0v) is 13.8. The molecule has 0 aliphatic carbocycles. The summed E-state index contributed by atoms with van der Waals surface area (Å²) in [6.07, 6.45) is 3.99. The maximum atomic E-state index is 11.9. The van der Waals surface area contributed by atoms with Crippen molar-refractivity contribution >= 4 is 44.1 Å². The minimum absolute atomic E-state index is 0.120. The van der Waals surface area contributed by atoms with Gasteiger partial charge in [-0.05, 0) is 35.2 Å². The Bertz CT molecular complexity index is 313. The zero-order chi connectivity index (χ0) is 14.0. The van der Waals surface area contributed by atoms with Gasteiger partial charge >= 0.3 is 11.9 Å². The van der Waals surface area contributed by atoms with Crippen molar-refractivity contribution in [1.82, 2.24) is 0 Å². The fourth-order valence-electron chi connectivity index (χ4n) is 1.21. The Morgan fingerprint density at radius 3 is 2.17 bits per heavy atom. The molecular formula is C12H18Br2O4. The molecule has 0 aromatic rings. The molecule has 0 aliphatic rings. The van der Waals surface area contributed by atoms with Gasteiger partial charge in [0.05, 0.1) is 12.2 Å². The van der Waals surface area contributed by atoms with Crippen LogP contribution < -0.4 is 0 Å². The highest BCUT2D eigenvalue weighted by Crippen LogP contribution is 2.21. The van der Waals surface area contributed by atoms with Gasteiger partial charge in [0.1, 0.15) is 4.48 Å². The third-order valence-electron chi connectivity index (χ3n) is 2.27. The molecule has 4 nitrogen and oxygen atoms in total. The molecule has 6 heteroatoms. The zero-order valence-electron chi connectivity index (χ0n) is 10.6. The number of carbonyl (C=O) groups excluding carboxylic acids is 2. The Balaban J connectivity index is 4.75. The molecule has 0 bridgehead atoms. The molecule has 0 atom stereocenters. The highest BCUT2D eigenvalue weighted by Gasteiger charge is 2.20. The standard InChI is InChI=1S/C12H18Br2O4/c1-3-5-7-9(10(13)12(16)18-14)11(15)17-8-6-4-2/h3-8H2,1-2H3. The number of halogens is 2. The van der Waals surface area contributed by atoms with E-state index < -0.39 is 11.9 Å². The molecule has 0 rings (SSSR count). The lowest BCUT2D eigenvalue weighted by Gasteiger charge is -2.09. The van der Waals surface area contributed by atoms with E-state index in [0.717, 1.165) is 25.7 Å². The van der Waals surface area contributed by atoms with Crippen molar-refractivity contribution in [3.63, 3.8) is 0 Å². The summed E-state index contributed by atoms with van der Waals surface area (Å²) in [4.78, 5) is 23.2. The van der Waals surface area contributed by atoms with Crippen LogP contribution >= 0.6 is 32.2 Å². The average molecular weight is 386 g/mol. The maximum absolute atomic E-state index is 11.9. The van der Waals surface area contributed by atoms with E-state index in [9.17, 15) is 9.59 Å². The number of ether oxygens (including phenoxy) is 1. The molecule has 0 N–H and O–H groups in total. The fourth-order valence-corrected chi connectivity index (χ4v) is 2.03. The lowest BCUT2D eigenvalue weighted by Crippen LogP contribution is -2.13. The molecule has 0 aromatic carbocycles. The van der Waals surface area contributed by atoms with Gasteiger partial charge in [-0.2, -0.15) is 0 Å². The quantitative estimate of drug-likeness (QED) is 0.359. The van der Waals surface area contributed by atoms with Gasteiger partial charge in [0.25, 0.3) is 0 Å². The Morgan fingerprint density at radius 1 is 1.06 bits per heavy atom. The largest absolute Gasteiger partial charge is 0.462 e. The Morgan fingerprint density at radius 2 is 1.67 bits per heavy atom. The number of unbranched alkanes of at least 4 members (excludes halogenated alkanes) is 2. The predicted octanol–water partition coefficient (Wildman–Crippen LogP) is 4.02. The summed E-state index contributed by atoms with van der Waals surface area (Å²) in [5.41, 5.74) is 0.331. The predicted molar refractivity (Wildman–Crippen MR) is 76.4 cm³/mol. The van der Waals surface area contributed by atoms with Gasteiger partial charge in [-0.3, -0.25) is 0 Å². The molecule has 0 unspecified atom stereocenters. The van der Waals surface area contributed by atoms with Crippen molar-refractivity contribution in [3.05, 3.63) is 10.1 Å². The minimum Gasteiger partial charge on any atom is -0.462 e. The minimum atomic E-state index is -0.631. The summed E-state index contributed by atoms with van der Waals surface area (Å²) in [5, 5.41) is 0. The van der Waals surface area contributed by atoms with Gasteiger partial charge in [-0.25, -0.2) is 9.59 Å². The first-order valence-corrected chi connectivity index (χ1v) is 7.41. The first kappa shape index (κ1) is 17.6. The summed E-state index contributed by atoms with van der Waals surface area (Å²) in [7, 11) is 0. The monoisotopic (exact) mass is 384 g/mol. The molecule has 0 saturated carbocycles. The van der Waals surface area contributed by atoms with Crippen LogP contribution in [0.4, 0.5) is 0 Å². The molecule has 0 aliphatic heterocycles. The van der Waals surface area contributed by atoms with Gasteiger partial charge in [-0.1, -0.05) is 26.7 Å². The molecule has 0 spiro atoms. The molecule has 0 aromatic heterocycles. The molecule has 0 saturated heterocycles. The molecule has 0 fully saturated rings. The number of esters is 1. The van der Waals surface area contributed by atoms with Crippen LogP contribution in [-0.4, -0.2) is 18.5 Å². The second-order valence-electron chi connectivity index (χ2n) is 3.75. The van der Waals surface area contributed by atoms with Crippen LogP contribution in [0.2, 0.25) is 0 Å². The third kappa shape index (κ3) is 6.54. The van der Waals surface area contributed by atoms with Crippen LogP contribution in [0.3, 0.4) is 0 Å². The molecule has 0 radical (unpaired) electrons. The van der Waals surface area contributed by atoms with E-state index in [-0.39, 0.29) is 4.48 Å². The van der Waals surface area contributed by atoms with E-state index in [0.29, 0.717) is 18.6 Å². The lowest BCUT2D eigenvalue weighted by molar-refractivity contribution is -0.140. The topological polar surface area (TPSA) is 52.6 Å². The van der Waals surface area contributed by atoms with E-state index >= 15 is 0 Å². The van der Waals surface area contributed by atoms with Crippen molar-refractivity contribution < 1.29 is 18.2 Å². The summed E-state index contributed by atoms with van der Waals surface area (Å²) in [6, 6.07) is 0. The maximum Gasteiger partial charge on any atom is 0.357 e. The van der Waals surface area contributed by atoms with E-state index in [2.05, 4.69) is 36.0 Å². The van der Waals surface area contributed by atoms with Gasteiger partial charge in [0, 0.05) is 0 Å². The highest BCUT2D eigenvalue weighted by molar-refractivity contribution is 9.12. The van der Waals surface area contributed by atoms with E-state index in [1.807, 2.05) is 13.8 Å². The molecule has 0 amide bonds. The van der Waals surface area contributed by atoms with Crippen LogP contribution in [0.15, 0.2) is 10.1 Å². The van der Waals surface area contributed by atoms with Crippen molar-refractivity contribution in [2.75, 3.05) is 6.61 Å². The van der Waals surface area contributed by atoms with Crippen LogP contribution in [0.5, 0.6) is 0 Å². The Hall–Kier alpha value is -0.360. The fraction of sp³-hybridized carbons (Fsp3) is 0.667. The first-order chi connectivity index (χ1) is 8.58. The smallest absolute Gasteiger partial charge is 0.357 e. The Labute approximate surface area is 125 Å². The van der Waals surface area contributed by atoms with E-state index in [4.69, 9.17) is 4.74 Å². The number of hydrogen-bond acceptors (Lipinski definition) is 4. The van der Waals surface area contributed by atoms with Crippen molar-refractivity contribution in [1.29, 1.82) is 0 Å². The number of rotatable bonds is 8. The summed E-state index contributed by atoms with van der Waals surface area (Å²) >= 11 is 5.68. The van der Waals surface area contributed by atoms with Crippen molar-refractivity contribution in [3.8, 4) is 0 Å². The van der Waals surface area contributed by atoms with Crippen LogP contribution in [-0.2, 0) is 18.2 Å². The van der Waals surface area contributed by atoms with E-state index in [1.165, 1.54) is 0 Å². The lowest BCUT2D eigenvalue weighted by atomic mass is 10.1. The van der Waals surface area contributed by atoms with Crippen LogP contribution in [0.1, 0.15) is 46.0 Å². The summed E-state index contributed by atoms with van der Waals surface area (Å²) in [6.45, 7) is 4.39. The van der Waals surface area contributed by atoms with E-state index in [1.54, 1.807) is 0 Å². The number of hydrogen-bond donors (Lipinski definition) is 0. The van der Waals surface area contributed by atoms with Crippen LogP contribution in [0, 0.1) is 0 Å². The second-order valence-corrected chi connectivity index (χ2v) is 4.87. The molecule has 18 heavy (non-hydrogen) atoms. The third-order valence-corrected chi connectivity index (χ3v) is 3.37. The first-order valence-electron chi connectivity index (χ1n) is 5.97. The van der Waals surface area contributed by atoms with Gasteiger partial charge in [0.2, 0.25) is 0 Å². The molecule has 104 valence electrons. The van der Waals surface area contributed by atoms with Gasteiger partial charge in [0.15, 0.2) is 16.3 Å². The highest BCUT2D eigenvalue weighted by atomic mass is 79.9. The summed E-state index contributed by atoms with van der Waals surface area (Å²) in [5.74, 6) is -1.09. The SMILES string of the molecule is CCCCOC(=O)C(CCCC)=C(Br)C(=O)OBr. The Kier molecular flexibility index (Phi) is 10.3. The van der Waals surface area contributed by atoms with Crippen LogP contribution in [0.25, 0.3) is 0 Å². The number of carbonyl (C=O) groups is 2. The molecule has 0 heterocycles. The average Bonchev–Trinajstić information content (AvgIpc) is 2.38. The summed E-state index contributed by atoms with van der Waals surface area (Å²) < 4.78 is 9.64. The van der Waals surface area contributed by atoms with Crippen molar-refractivity contribution in [2.24, 2.45) is 0 Å².